The lowest BCUT2D eigenvalue weighted by atomic mass is 10.4. The first-order chi connectivity index (χ1) is 8.79. The molecular weight excluding hydrogens is 250 g/mol. The molecule has 2 aromatic rings. The number of aromatic nitrogens is 2. The molecule has 0 atom stereocenters. The van der Waals surface area contributed by atoms with Crippen LogP contribution in [0, 0.1) is 11.8 Å². The predicted octanol–water partition coefficient (Wildman–Crippen LogP) is 1.13. The Bertz CT molecular complexity index is 599. The van der Waals surface area contributed by atoms with Crippen molar-refractivity contribution >= 4 is 23.2 Å². The van der Waals surface area contributed by atoms with Gasteiger partial charge in [0.05, 0.1) is 9.75 Å². The zero-order chi connectivity index (χ0) is 12.8. The Hall–Kier alpha value is -2.23. The summed E-state index contributed by atoms with van der Waals surface area (Å²) in [5.41, 5.74) is 0. The molecule has 0 radical (unpaired) electrons. The van der Waals surface area contributed by atoms with Crippen molar-refractivity contribution < 1.29 is 9.90 Å². The molecule has 0 bridgehead atoms. The molecule has 2 N–H and O–H groups in total. The number of thiophene rings is 1. The SMILES string of the molecule is O=C(Nc1ncccn1)c1ccc(C#CCO)s1. The van der Waals surface area contributed by atoms with Crippen molar-refractivity contribution in [1.29, 1.82) is 0 Å². The Kier molecular flexibility index (Phi) is 4.02. The third kappa shape index (κ3) is 3.13. The molecule has 2 heterocycles. The van der Waals surface area contributed by atoms with E-state index in [1.807, 2.05) is 0 Å². The molecule has 2 rings (SSSR count). The first-order valence-electron chi connectivity index (χ1n) is 5.07. The Labute approximate surface area is 108 Å². The van der Waals surface area contributed by atoms with E-state index in [0.717, 1.165) is 4.88 Å². The van der Waals surface area contributed by atoms with Gasteiger partial charge in [0.25, 0.3) is 5.91 Å². The van der Waals surface area contributed by atoms with Gasteiger partial charge in [-0.15, -0.1) is 11.3 Å². The van der Waals surface area contributed by atoms with Gasteiger partial charge >= 0.3 is 0 Å². The maximum absolute atomic E-state index is 11.8. The highest BCUT2D eigenvalue weighted by molar-refractivity contribution is 7.14. The summed E-state index contributed by atoms with van der Waals surface area (Å²) < 4.78 is 0. The van der Waals surface area contributed by atoms with Crippen molar-refractivity contribution in [2.45, 2.75) is 0 Å². The summed E-state index contributed by atoms with van der Waals surface area (Å²) >= 11 is 1.25. The standard InChI is InChI=1S/C12H9N3O2S/c16-8-1-3-9-4-5-10(18-9)11(17)15-12-13-6-2-7-14-12/h2,4-7,16H,8H2,(H,13,14,15,17). The van der Waals surface area contributed by atoms with Crippen LogP contribution in [0.25, 0.3) is 0 Å². The molecule has 0 aromatic carbocycles. The maximum atomic E-state index is 11.8. The number of nitrogens with zero attached hydrogens (tertiary/aromatic N) is 2. The molecule has 0 aliphatic heterocycles. The van der Waals surface area contributed by atoms with Gasteiger partial charge in [-0.25, -0.2) is 9.97 Å². The van der Waals surface area contributed by atoms with Gasteiger partial charge in [0.2, 0.25) is 5.95 Å². The Morgan fingerprint density at radius 3 is 2.89 bits per heavy atom. The molecule has 18 heavy (non-hydrogen) atoms. The van der Waals surface area contributed by atoms with Crippen LogP contribution in [0.3, 0.4) is 0 Å². The van der Waals surface area contributed by atoms with Crippen molar-refractivity contribution in [3.8, 4) is 11.8 Å². The Balaban J connectivity index is 2.08. The van der Waals surface area contributed by atoms with Crippen molar-refractivity contribution in [2.24, 2.45) is 0 Å². The number of carbonyl (C=O) groups excluding carboxylic acids is 1. The van der Waals surface area contributed by atoms with Gasteiger partial charge in [0, 0.05) is 12.4 Å². The normalized spacial score (nSPS) is 9.39. The van der Waals surface area contributed by atoms with E-state index in [9.17, 15) is 4.79 Å². The van der Waals surface area contributed by atoms with E-state index in [1.165, 1.54) is 11.3 Å². The van der Waals surface area contributed by atoms with Gasteiger partial charge in [-0.2, -0.15) is 0 Å². The van der Waals surface area contributed by atoms with E-state index in [-0.39, 0.29) is 18.5 Å². The lowest BCUT2D eigenvalue weighted by Gasteiger charge is -1.99. The second kappa shape index (κ2) is 5.91. The average molecular weight is 259 g/mol. The zero-order valence-corrected chi connectivity index (χ0v) is 10.1. The number of aliphatic hydroxyl groups excluding tert-OH is 1. The van der Waals surface area contributed by atoms with Gasteiger partial charge in [0.1, 0.15) is 6.61 Å². The monoisotopic (exact) mass is 259 g/mol. The van der Waals surface area contributed by atoms with Crippen LogP contribution < -0.4 is 5.32 Å². The highest BCUT2D eigenvalue weighted by Gasteiger charge is 2.09. The van der Waals surface area contributed by atoms with Crippen LogP contribution in [0.5, 0.6) is 0 Å². The van der Waals surface area contributed by atoms with E-state index < -0.39 is 0 Å². The zero-order valence-electron chi connectivity index (χ0n) is 9.25. The molecule has 0 aliphatic rings. The first-order valence-corrected chi connectivity index (χ1v) is 5.89. The van der Waals surface area contributed by atoms with Gasteiger partial charge in [-0.05, 0) is 18.2 Å². The molecule has 6 heteroatoms. The van der Waals surface area contributed by atoms with Gasteiger partial charge < -0.3 is 5.11 Å². The highest BCUT2D eigenvalue weighted by atomic mass is 32.1. The topological polar surface area (TPSA) is 75.1 Å². The second-order valence-corrected chi connectivity index (χ2v) is 4.23. The molecule has 0 aliphatic carbocycles. The minimum Gasteiger partial charge on any atom is -0.384 e. The van der Waals surface area contributed by atoms with Crippen molar-refractivity contribution in [3.63, 3.8) is 0 Å². The third-order valence-electron chi connectivity index (χ3n) is 1.91. The van der Waals surface area contributed by atoms with Crippen molar-refractivity contribution in [3.05, 3.63) is 40.3 Å². The van der Waals surface area contributed by atoms with Crippen LogP contribution in [-0.2, 0) is 0 Å². The minimum atomic E-state index is -0.275. The van der Waals surface area contributed by atoms with Gasteiger partial charge in [-0.1, -0.05) is 11.8 Å². The molecule has 90 valence electrons. The lowest BCUT2D eigenvalue weighted by molar-refractivity contribution is 0.102. The highest BCUT2D eigenvalue weighted by Crippen LogP contribution is 2.16. The number of rotatable bonds is 2. The summed E-state index contributed by atoms with van der Waals surface area (Å²) in [6.07, 6.45) is 3.10. The Morgan fingerprint density at radius 1 is 1.39 bits per heavy atom. The number of hydrogen-bond donors (Lipinski definition) is 2. The smallest absolute Gasteiger partial charge is 0.268 e. The van der Waals surface area contributed by atoms with Crippen LogP contribution in [0.1, 0.15) is 14.5 Å². The summed E-state index contributed by atoms with van der Waals surface area (Å²) in [5, 5.41) is 11.2. The van der Waals surface area contributed by atoms with E-state index >= 15 is 0 Å². The average Bonchev–Trinajstić information content (AvgIpc) is 2.86. The summed E-state index contributed by atoms with van der Waals surface area (Å²) in [6.45, 7) is -0.197. The molecule has 0 fully saturated rings. The molecular formula is C12H9N3O2S. The van der Waals surface area contributed by atoms with Crippen LogP contribution in [-0.4, -0.2) is 27.6 Å². The van der Waals surface area contributed by atoms with Crippen LogP contribution in [0.2, 0.25) is 0 Å². The molecule has 0 saturated heterocycles. The fraction of sp³-hybridized carbons (Fsp3) is 0.0833. The molecule has 0 saturated carbocycles. The maximum Gasteiger partial charge on any atom is 0.268 e. The third-order valence-corrected chi connectivity index (χ3v) is 2.91. The van der Waals surface area contributed by atoms with Crippen molar-refractivity contribution in [1.82, 2.24) is 9.97 Å². The van der Waals surface area contributed by atoms with Crippen LogP contribution >= 0.6 is 11.3 Å². The lowest BCUT2D eigenvalue weighted by Crippen LogP contribution is -2.12. The number of aliphatic hydroxyl groups is 1. The van der Waals surface area contributed by atoms with E-state index in [4.69, 9.17) is 5.11 Å². The number of anilines is 1. The fourth-order valence-corrected chi connectivity index (χ4v) is 1.96. The number of carbonyl (C=O) groups is 1. The number of amides is 1. The van der Waals surface area contributed by atoms with E-state index in [0.29, 0.717) is 4.88 Å². The summed E-state index contributed by atoms with van der Waals surface area (Å²) in [6, 6.07) is 5.07. The summed E-state index contributed by atoms with van der Waals surface area (Å²) in [4.78, 5) is 20.9. The Morgan fingerprint density at radius 2 is 2.17 bits per heavy atom. The van der Waals surface area contributed by atoms with E-state index in [1.54, 1.807) is 30.6 Å². The summed E-state index contributed by atoms with van der Waals surface area (Å²) in [7, 11) is 0. The molecule has 0 unspecified atom stereocenters. The molecule has 0 spiro atoms. The number of nitrogens with one attached hydrogen (secondary N) is 1. The summed E-state index contributed by atoms with van der Waals surface area (Å²) in [5.74, 6) is 5.25. The number of hydrogen-bond acceptors (Lipinski definition) is 5. The van der Waals surface area contributed by atoms with Crippen LogP contribution in [0.15, 0.2) is 30.6 Å². The predicted molar refractivity (Wildman–Crippen MR) is 68.3 cm³/mol. The second-order valence-electron chi connectivity index (χ2n) is 3.15. The fourth-order valence-electron chi connectivity index (χ4n) is 1.18. The quantitative estimate of drug-likeness (QED) is 0.793. The van der Waals surface area contributed by atoms with E-state index in [2.05, 4.69) is 27.1 Å². The molecule has 5 nitrogen and oxygen atoms in total. The minimum absolute atomic E-state index is 0.197. The molecule has 1 amide bonds. The van der Waals surface area contributed by atoms with Gasteiger partial charge in [0.15, 0.2) is 0 Å². The molecule has 2 aromatic heterocycles. The van der Waals surface area contributed by atoms with Crippen molar-refractivity contribution in [2.75, 3.05) is 11.9 Å². The van der Waals surface area contributed by atoms with Crippen LogP contribution in [0.4, 0.5) is 5.95 Å². The first kappa shape index (κ1) is 12.2. The largest absolute Gasteiger partial charge is 0.384 e. The van der Waals surface area contributed by atoms with Gasteiger partial charge in [-0.3, -0.25) is 10.1 Å².